The first-order valence-electron chi connectivity index (χ1n) is 10.2. The van der Waals surface area contributed by atoms with Gasteiger partial charge in [0.2, 0.25) is 0 Å². The maximum absolute atomic E-state index is 13.7. The highest BCUT2D eigenvalue weighted by Crippen LogP contribution is 2.37. The van der Waals surface area contributed by atoms with Crippen molar-refractivity contribution in [2.24, 2.45) is 0 Å². The highest BCUT2D eigenvalue weighted by atomic mass is 16.2. The molecular formula is C25H23N3O2. The average Bonchev–Trinajstić information content (AvgIpc) is 3.04. The molecule has 2 heterocycles. The molecule has 3 aromatic rings. The van der Waals surface area contributed by atoms with Crippen LogP contribution in [0.15, 0.2) is 78.5 Å². The first-order valence-corrected chi connectivity index (χ1v) is 10.2. The summed E-state index contributed by atoms with van der Waals surface area (Å²) in [6, 6.07) is 23.1. The van der Waals surface area contributed by atoms with E-state index in [9.17, 15) is 9.59 Å². The van der Waals surface area contributed by atoms with E-state index in [0.29, 0.717) is 17.0 Å². The summed E-state index contributed by atoms with van der Waals surface area (Å²) in [7, 11) is 2.08. The quantitative estimate of drug-likeness (QED) is 0.636. The maximum Gasteiger partial charge on any atom is 0.282 e. The lowest BCUT2D eigenvalue weighted by Crippen LogP contribution is -2.46. The Hall–Kier alpha value is -3.44. The number of rotatable bonds is 3. The molecule has 1 saturated heterocycles. The van der Waals surface area contributed by atoms with Crippen LogP contribution in [0, 0.1) is 0 Å². The summed E-state index contributed by atoms with van der Waals surface area (Å²) in [5.74, 6) is -0.490. The van der Waals surface area contributed by atoms with Gasteiger partial charge in [-0.1, -0.05) is 66.7 Å². The minimum Gasteiger partial charge on any atom is -0.364 e. The van der Waals surface area contributed by atoms with Gasteiger partial charge in [0, 0.05) is 31.6 Å². The second-order valence-corrected chi connectivity index (χ2v) is 7.82. The molecular weight excluding hydrogens is 374 g/mol. The Morgan fingerprint density at radius 1 is 0.700 bits per heavy atom. The zero-order chi connectivity index (χ0) is 20.7. The monoisotopic (exact) mass is 397 g/mol. The van der Waals surface area contributed by atoms with Gasteiger partial charge in [0.1, 0.15) is 5.70 Å². The largest absolute Gasteiger partial charge is 0.364 e. The number of hydrogen-bond acceptors (Lipinski definition) is 4. The summed E-state index contributed by atoms with van der Waals surface area (Å²) in [4.78, 5) is 33.1. The summed E-state index contributed by atoms with van der Waals surface area (Å²) in [5.41, 5.74) is 2.44. The van der Waals surface area contributed by atoms with Crippen molar-refractivity contribution in [1.29, 1.82) is 0 Å². The number of amides is 2. The van der Waals surface area contributed by atoms with Crippen LogP contribution in [0.5, 0.6) is 0 Å². The molecule has 30 heavy (non-hydrogen) atoms. The van der Waals surface area contributed by atoms with Gasteiger partial charge in [-0.3, -0.25) is 9.59 Å². The van der Waals surface area contributed by atoms with Gasteiger partial charge in [0.15, 0.2) is 0 Å². The van der Waals surface area contributed by atoms with Gasteiger partial charge in [-0.15, -0.1) is 0 Å². The molecule has 0 bridgehead atoms. The molecule has 0 spiro atoms. The molecule has 0 radical (unpaired) electrons. The Balaban J connectivity index is 1.65. The Labute approximate surface area is 175 Å². The predicted molar refractivity (Wildman–Crippen MR) is 119 cm³/mol. The van der Waals surface area contributed by atoms with Gasteiger partial charge in [-0.25, -0.2) is 4.90 Å². The van der Waals surface area contributed by atoms with Crippen LogP contribution < -0.4 is 4.90 Å². The number of nitrogens with zero attached hydrogens (tertiary/aromatic N) is 3. The van der Waals surface area contributed by atoms with Crippen LogP contribution in [-0.4, -0.2) is 54.8 Å². The fraction of sp³-hybridized carbons (Fsp3) is 0.200. The van der Waals surface area contributed by atoms with Crippen molar-refractivity contribution in [3.63, 3.8) is 0 Å². The van der Waals surface area contributed by atoms with Gasteiger partial charge in [0.05, 0.1) is 11.3 Å². The van der Waals surface area contributed by atoms with Crippen molar-refractivity contribution >= 4 is 33.8 Å². The van der Waals surface area contributed by atoms with E-state index in [1.807, 2.05) is 72.8 Å². The number of hydrogen-bond donors (Lipinski definition) is 0. The highest BCUT2D eigenvalue weighted by Gasteiger charge is 2.43. The molecule has 0 aliphatic carbocycles. The van der Waals surface area contributed by atoms with E-state index in [-0.39, 0.29) is 11.8 Å². The fourth-order valence-corrected chi connectivity index (χ4v) is 4.33. The van der Waals surface area contributed by atoms with Gasteiger partial charge in [0.25, 0.3) is 11.8 Å². The summed E-state index contributed by atoms with van der Waals surface area (Å²) in [6.07, 6.45) is 0. The van der Waals surface area contributed by atoms with Crippen LogP contribution in [0.25, 0.3) is 16.3 Å². The SMILES string of the molecule is CN1CCN(C2=C(c3ccccc3)C(=O)N(c3cccc4ccccc34)C2=O)CC1. The third-order valence-corrected chi connectivity index (χ3v) is 5.95. The van der Waals surface area contributed by atoms with E-state index in [1.54, 1.807) is 0 Å². The third-order valence-electron chi connectivity index (χ3n) is 5.95. The molecule has 1 fully saturated rings. The van der Waals surface area contributed by atoms with Crippen LogP contribution in [-0.2, 0) is 9.59 Å². The molecule has 2 amide bonds. The third kappa shape index (κ3) is 2.99. The van der Waals surface area contributed by atoms with Crippen LogP contribution in [0.3, 0.4) is 0 Å². The molecule has 5 nitrogen and oxygen atoms in total. The summed E-state index contributed by atoms with van der Waals surface area (Å²) < 4.78 is 0. The van der Waals surface area contributed by atoms with E-state index >= 15 is 0 Å². The number of carbonyl (C=O) groups excluding carboxylic acids is 2. The molecule has 5 rings (SSSR count). The van der Waals surface area contributed by atoms with Gasteiger partial charge in [-0.05, 0) is 24.1 Å². The normalized spacial score (nSPS) is 18.0. The molecule has 0 aromatic heterocycles. The molecule has 0 saturated carbocycles. The van der Waals surface area contributed by atoms with Crippen molar-refractivity contribution < 1.29 is 9.59 Å². The standard InChI is InChI=1S/C25H23N3O2/c1-26-14-16-27(17-15-26)23-22(19-9-3-2-4-10-19)24(29)28(25(23)30)21-13-7-11-18-8-5-6-12-20(18)21/h2-13H,14-17H2,1H3. The number of anilines is 1. The van der Waals surface area contributed by atoms with E-state index < -0.39 is 0 Å². The summed E-state index contributed by atoms with van der Waals surface area (Å²) in [6.45, 7) is 3.18. The molecule has 3 aromatic carbocycles. The number of fused-ring (bicyclic) bond motifs is 1. The second kappa shape index (κ2) is 7.43. The van der Waals surface area contributed by atoms with Crippen LogP contribution >= 0.6 is 0 Å². The number of piperazine rings is 1. The first-order chi connectivity index (χ1) is 14.6. The van der Waals surface area contributed by atoms with Crippen LogP contribution in [0.1, 0.15) is 5.56 Å². The van der Waals surface area contributed by atoms with Crippen molar-refractivity contribution in [2.75, 3.05) is 38.1 Å². The van der Waals surface area contributed by atoms with Gasteiger partial charge >= 0.3 is 0 Å². The van der Waals surface area contributed by atoms with E-state index in [1.165, 1.54) is 4.90 Å². The lowest BCUT2D eigenvalue weighted by atomic mass is 10.0. The molecule has 0 N–H and O–H groups in total. The van der Waals surface area contributed by atoms with Crippen LogP contribution in [0.4, 0.5) is 5.69 Å². The minimum absolute atomic E-state index is 0.236. The lowest BCUT2D eigenvalue weighted by Gasteiger charge is -2.34. The number of imide groups is 1. The summed E-state index contributed by atoms with van der Waals surface area (Å²) >= 11 is 0. The second-order valence-electron chi connectivity index (χ2n) is 7.82. The van der Waals surface area contributed by atoms with E-state index in [4.69, 9.17) is 0 Å². The van der Waals surface area contributed by atoms with Crippen molar-refractivity contribution in [2.45, 2.75) is 0 Å². The van der Waals surface area contributed by atoms with Crippen molar-refractivity contribution in [3.05, 3.63) is 84.1 Å². The highest BCUT2D eigenvalue weighted by molar-refractivity contribution is 6.46. The number of carbonyl (C=O) groups is 2. The van der Waals surface area contributed by atoms with Gasteiger partial charge in [-0.2, -0.15) is 0 Å². The van der Waals surface area contributed by atoms with Crippen molar-refractivity contribution in [3.8, 4) is 0 Å². The molecule has 150 valence electrons. The summed E-state index contributed by atoms with van der Waals surface area (Å²) in [5, 5.41) is 1.90. The molecule has 0 unspecified atom stereocenters. The number of benzene rings is 3. The van der Waals surface area contributed by atoms with E-state index in [2.05, 4.69) is 16.8 Å². The molecule has 5 heteroatoms. The Morgan fingerprint density at radius 3 is 2.13 bits per heavy atom. The number of likely N-dealkylation sites (N-methyl/N-ethyl adjacent to an activating group) is 1. The molecule has 2 aliphatic rings. The zero-order valence-corrected chi connectivity index (χ0v) is 16.9. The topological polar surface area (TPSA) is 43.9 Å². The Morgan fingerprint density at radius 2 is 1.37 bits per heavy atom. The smallest absolute Gasteiger partial charge is 0.282 e. The van der Waals surface area contributed by atoms with Crippen molar-refractivity contribution in [1.82, 2.24) is 9.80 Å². The maximum atomic E-state index is 13.7. The molecule has 2 aliphatic heterocycles. The van der Waals surface area contributed by atoms with Crippen LogP contribution in [0.2, 0.25) is 0 Å². The van der Waals surface area contributed by atoms with E-state index in [0.717, 1.165) is 42.5 Å². The minimum atomic E-state index is -0.253. The average molecular weight is 397 g/mol. The first kappa shape index (κ1) is 18.6. The lowest BCUT2D eigenvalue weighted by molar-refractivity contribution is -0.120. The predicted octanol–water partition coefficient (Wildman–Crippen LogP) is 3.37. The van der Waals surface area contributed by atoms with Gasteiger partial charge < -0.3 is 9.80 Å². The molecule has 0 atom stereocenters. The Bertz CT molecular complexity index is 1160. The Kier molecular flexibility index (Phi) is 4.60. The zero-order valence-electron chi connectivity index (χ0n) is 16.9. The fourth-order valence-electron chi connectivity index (χ4n) is 4.33.